The van der Waals surface area contributed by atoms with Gasteiger partial charge in [0, 0.05) is 12.0 Å². The van der Waals surface area contributed by atoms with Crippen LogP contribution in [0.5, 0.6) is 0 Å². The molecule has 1 unspecified atom stereocenters. The molecule has 3 aromatic rings. The summed E-state index contributed by atoms with van der Waals surface area (Å²) in [7, 11) is 0. The summed E-state index contributed by atoms with van der Waals surface area (Å²) >= 11 is 0. The number of nitrogens with one attached hydrogen (secondary N) is 1. The van der Waals surface area contributed by atoms with Crippen LogP contribution in [0.25, 0.3) is 0 Å². The van der Waals surface area contributed by atoms with E-state index in [9.17, 15) is 0 Å². The predicted octanol–water partition coefficient (Wildman–Crippen LogP) is 6.20. The fraction of sp³-hybridized carbons (Fsp3) is 0.280. The van der Waals surface area contributed by atoms with Gasteiger partial charge < -0.3 is 5.32 Å². The SMILES string of the molecule is CC(C)C(NCCC(c1ccccc1)c1ccccc1)c1ccccc1. The van der Waals surface area contributed by atoms with Crippen LogP contribution >= 0.6 is 0 Å². The third kappa shape index (κ3) is 4.83. The molecule has 26 heavy (non-hydrogen) atoms. The highest BCUT2D eigenvalue weighted by Crippen LogP contribution is 2.28. The zero-order valence-electron chi connectivity index (χ0n) is 15.8. The zero-order valence-corrected chi connectivity index (χ0v) is 15.8. The Balaban J connectivity index is 1.72. The summed E-state index contributed by atoms with van der Waals surface area (Å²) in [5.74, 6) is 0.984. The van der Waals surface area contributed by atoms with E-state index in [1.807, 2.05) is 0 Å². The number of hydrogen-bond donors (Lipinski definition) is 1. The lowest BCUT2D eigenvalue weighted by Crippen LogP contribution is -2.27. The molecule has 0 radical (unpaired) electrons. The molecule has 1 atom stereocenters. The Morgan fingerprint density at radius 2 is 1.04 bits per heavy atom. The predicted molar refractivity (Wildman–Crippen MR) is 111 cm³/mol. The second-order valence-corrected chi connectivity index (χ2v) is 7.25. The summed E-state index contributed by atoms with van der Waals surface area (Å²) in [6.45, 7) is 5.57. The first kappa shape index (κ1) is 18.4. The van der Waals surface area contributed by atoms with E-state index < -0.39 is 0 Å². The molecule has 1 heteroatoms. The smallest absolute Gasteiger partial charge is 0.0343 e. The lowest BCUT2D eigenvalue weighted by Gasteiger charge is -2.25. The van der Waals surface area contributed by atoms with Crippen LogP contribution in [0, 0.1) is 5.92 Å². The van der Waals surface area contributed by atoms with Crippen molar-refractivity contribution < 1.29 is 0 Å². The van der Waals surface area contributed by atoms with Crippen molar-refractivity contribution in [1.29, 1.82) is 0 Å². The van der Waals surface area contributed by atoms with Crippen LogP contribution in [0.1, 0.15) is 48.9 Å². The Hall–Kier alpha value is -2.38. The minimum Gasteiger partial charge on any atom is -0.310 e. The fourth-order valence-corrected chi connectivity index (χ4v) is 3.68. The van der Waals surface area contributed by atoms with Crippen molar-refractivity contribution in [2.45, 2.75) is 32.2 Å². The van der Waals surface area contributed by atoms with Gasteiger partial charge in [-0.05, 0) is 35.6 Å². The van der Waals surface area contributed by atoms with Gasteiger partial charge in [0.25, 0.3) is 0 Å². The van der Waals surface area contributed by atoms with Gasteiger partial charge >= 0.3 is 0 Å². The molecular formula is C25H29N. The molecule has 0 aliphatic heterocycles. The highest BCUT2D eigenvalue weighted by molar-refractivity contribution is 5.32. The second kappa shape index (κ2) is 9.35. The van der Waals surface area contributed by atoms with Crippen LogP contribution in [0.15, 0.2) is 91.0 Å². The first-order chi connectivity index (χ1) is 12.8. The van der Waals surface area contributed by atoms with Crippen molar-refractivity contribution in [2.75, 3.05) is 6.54 Å². The molecule has 0 saturated carbocycles. The normalized spacial score (nSPS) is 12.5. The van der Waals surface area contributed by atoms with Gasteiger partial charge in [-0.25, -0.2) is 0 Å². The summed E-state index contributed by atoms with van der Waals surface area (Å²) in [5, 5.41) is 3.81. The molecule has 0 spiro atoms. The Bertz CT molecular complexity index is 710. The van der Waals surface area contributed by atoms with Gasteiger partial charge in [0.2, 0.25) is 0 Å². The third-order valence-corrected chi connectivity index (χ3v) is 5.03. The monoisotopic (exact) mass is 343 g/mol. The Morgan fingerprint density at radius 1 is 0.615 bits per heavy atom. The van der Waals surface area contributed by atoms with Gasteiger partial charge in [-0.1, -0.05) is 105 Å². The summed E-state index contributed by atoms with van der Waals surface area (Å²) < 4.78 is 0. The third-order valence-electron chi connectivity index (χ3n) is 5.03. The molecular weight excluding hydrogens is 314 g/mol. The quantitative estimate of drug-likeness (QED) is 0.514. The minimum absolute atomic E-state index is 0.392. The van der Waals surface area contributed by atoms with E-state index in [-0.39, 0.29) is 0 Å². The first-order valence-electron chi connectivity index (χ1n) is 9.64. The molecule has 0 amide bonds. The van der Waals surface area contributed by atoms with Gasteiger partial charge in [-0.3, -0.25) is 0 Å². The Morgan fingerprint density at radius 3 is 1.46 bits per heavy atom. The van der Waals surface area contributed by atoms with Gasteiger partial charge in [0.1, 0.15) is 0 Å². The molecule has 0 saturated heterocycles. The average Bonchev–Trinajstić information content (AvgIpc) is 2.70. The maximum absolute atomic E-state index is 3.81. The van der Waals surface area contributed by atoms with Crippen LogP contribution in [0.3, 0.4) is 0 Å². The van der Waals surface area contributed by atoms with Crippen LogP contribution in [0.4, 0.5) is 0 Å². The molecule has 0 aliphatic rings. The van der Waals surface area contributed by atoms with Crippen molar-refractivity contribution in [2.24, 2.45) is 5.92 Å². The molecule has 0 bridgehead atoms. The Labute approximate surface area is 158 Å². The van der Waals surface area contributed by atoms with Crippen molar-refractivity contribution in [1.82, 2.24) is 5.32 Å². The van der Waals surface area contributed by atoms with Gasteiger partial charge in [-0.15, -0.1) is 0 Å². The summed E-state index contributed by atoms with van der Waals surface area (Å²) in [5.41, 5.74) is 4.15. The van der Waals surface area contributed by atoms with Crippen molar-refractivity contribution in [3.05, 3.63) is 108 Å². The topological polar surface area (TPSA) is 12.0 Å². The second-order valence-electron chi connectivity index (χ2n) is 7.25. The van der Waals surface area contributed by atoms with Crippen LogP contribution in [-0.4, -0.2) is 6.54 Å². The van der Waals surface area contributed by atoms with E-state index in [1.165, 1.54) is 16.7 Å². The van der Waals surface area contributed by atoms with Crippen molar-refractivity contribution in [3.8, 4) is 0 Å². The number of rotatable bonds is 8. The van der Waals surface area contributed by atoms with E-state index in [2.05, 4.69) is 110 Å². The zero-order chi connectivity index (χ0) is 18.2. The van der Waals surface area contributed by atoms with Crippen molar-refractivity contribution >= 4 is 0 Å². The number of hydrogen-bond acceptors (Lipinski definition) is 1. The van der Waals surface area contributed by atoms with E-state index >= 15 is 0 Å². The summed E-state index contributed by atoms with van der Waals surface area (Å²) in [6.07, 6.45) is 1.09. The van der Waals surface area contributed by atoms with Crippen LogP contribution < -0.4 is 5.32 Å². The molecule has 0 aromatic heterocycles. The molecule has 0 fully saturated rings. The maximum Gasteiger partial charge on any atom is 0.0343 e. The van der Waals surface area contributed by atoms with Crippen LogP contribution in [0.2, 0.25) is 0 Å². The standard InChI is InChI=1S/C25H29N/c1-20(2)25(23-16-10-5-11-17-23)26-19-18-24(21-12-6-3-7-13-21)22-14-8-4-9-15-22/h3-17,20,24-26H,18-19H2,1-2H3. The van der Waals surface area contributed by atoms with E-state index in [1.54, 1.807) is 0 Å². The molecule has 0 heterocycles. The van der Waals surface area contributed by atoms with Gasteiger partial charge in [-0.2, -0.15) is 0 Å². The van der Waals surface area contributed by atoms with Crippen LogP contribution in [-0.2, 0) is 0 Å². The van der Waals surface area contributed by atoms with Gasteiger partial charge in [0.05, 0.1) is 0 Å². The molecule has 3 rings (SSSR count). The van der Waals surface area contributed by atoms with E-state index in [0.29, 0.717) is 17.9 Å². The number of benzene rings is 3. The van der Waals surface area contributed by atoms with E-state index in [0.717, 1.165) is 13.0 Å². The molecule has 134 valence electrons. The summed E-state index contributed by atoms with van der Waals surface area (Å²) in [4.78, 5) is 0. The lowest BCUT2D eigenvalue weighted by molar-refractivity contribution is 0.405. The van der Waals surface area contributed by atoms with Crippen molar-refractivity contribution in [3.63, 3.8) is 0 Å². The summed E-state index contributed by atoms with van der Waals surface area (Å²) in [6, 6.07) is 32.9. The Kier molecular flexibility index (Phi) is 6.62. The van der Waals surface area contributed by atoms with Gasteiger partial charge in [0.15, 0.2) is 0 Å². The largest absolute Gasteiger partial charge is 0.310 e. The molecule has 1 N–H and O–H groups in total. The fourth-order valence-electron chi connectivity index (χ4n) is 3.68. The highest BCUT2D eigenvalue weighted by atomic mass is 14.9. The molecule has 3 aromatic carbocycles. The minimum atomic E-state index is 0.392. The van der Waals surface area contributed by atoms with E-state index in [4.69, 9.17) is 0 Å². The average molecular weight is 344 g/mol. The maximum atomic E-state index is 3.81. The molecule has 0 aliphatic carbocycles. The molecule has 1 nitrogen and oxygen atoms in total. The lowest BCUT2D eigenvalue weighted by atomic mass is 9.88. The first-order valence-corrected chi connectivity index (χ1v) is 9.64. The highest BCUT2D eigenvalue weighted by Gasteiger charge is 2.17.